The molecule has 13 heavy (non-hydrogen) atoms. The molecule has 0 aromatic heterocycles. The fraction of sp³-hybridized carbons (Fsp3) is 0.111. The van der Waals surface area contributed by atoms with E-state index in [9.17, 15) is 0 Å². The molecule has 1 atom stereocenters. The number of hydrogen-bond donors (Lipinski definition) is 0. The van der Waals surface area contributed by atoms with E-state index >= 15 is 0 Å². The first-order valence-electron chi connectivity index (χ1n) is 3.83. The van der Waals surface area contributed by atoms with Crippen molar-refractivity contribution in [1.82, 2.24) is 0 Å². The van der Waals surface area contributed by atoms with E-state index in [2.05, 4.69) is 30.3 Å². The standard InChI is InChI=1S/C9H6P2S2/c12-10-8-5-9(11-13)7-4-2-1-3-6(7)8/h1-5,8H. The monoisotopic (exact) mass is 240 g/mol. The van der Waals surface area contributed by atoms with E-state index in [1.807, 2.05) is 0 Å². The SMILES string of the molecule is S=PC1=CC(P=S)c2ccccc21. The molecule has 0 radical (unpaired) electrons. The fourth-order valence-corrected chi connectivity index (χ4v) is 3.66. The van der Waals surface area contributed by atoms with Crippen LogP contribution >= 0.6 is 14.7 Å². The molecular weight excluding hydrogens is 234 g/mol. The normalized spacial score (nSPS) is 20.3. The third-order valence-corrected chi connectivity index (χ3v) is 4.60. The molecule has 4 heteroatoms. The molecule has 0 bridgehead atoms. The summed E-state index contributed by atoms with van der Waals surface area (Å²) in [6.07, 6.45) is 2.20. The van der Waals surface area contributed by atoms with Gasteiger partial charge in [0.05, 0.1) is 5.66 Å². The molecule has 0 fully saturated rings. The van der Waals surface area contributed by atoms with Gasteiger partial charge in [-0.05, 0) is 18.5 Å². The summed E-state index contributed by atoms with van der Waals surface area (Å²) in [6.45, 7) is 0. The van der Waals surface area contributed by atoms with Gasteiger partial charge in [0.15, 0.2) is 0 Å². The zero-order valence-corrected chi connectivity index (χ0v) is 10.1. The van der Waals surface area contributed by atoms with Crippen LogP contribution in [-0.2, 0) is 23.6 Å². The Morgan fingerprint density at radius 3 is 2.62 bits per heavy atom. The van der Waals surface area contributed by atoms with Gasteiger partial charge < -0.3 is 0 Å². The fourth-order valence-electron chi connectivity index (χ4n) is 1.48. The van der Waals surface area contributed by atoms with Crippen molar-refractivity contribution in [2.24, 2.45) is 0 Å². The predicted octanol–water partition coefficient (Wildman–Crippen LogP) is 3.90. The molecule has 0 aliphatic heterocycles. The lowest BCUT2D eigenvalue weighted by atomic mass is 10.1. The number of rotatable bonds is 2. The van der Waals surface area contributed by atoms with Gasteiger partial charge in [0.25, 0.3) is 0 Å². The number of benzene rings is 1. The van der Waals surface area contributed by atoms with Crippen LogP contribution < -0.4 is 0 Å². The van der Waals surface area contributed by atoms with Gasteiger partial charge in [-0.1, -0.05) is 54.0 Å². The maximum absolute atomic E-state index is 5.08. The van der Waals surface area contributed by atoms with Crippen molar-refractivity contribution in [3.8, 4) is 0 Å². The van der Waals surface area contributed by atoms with Crippen molar-refractivity contribution >= 4 is 43.6 Å². The second kappa shape index (κ2) is 4.02. The van der Waals surface area contributed by atoms with Crippen LogP contribution in [0, 0.1) is 0 Å². The van der Waals surface area contributed by atoms with Crippen LogP contribution in [0.25, 0.3) is 5.31 Å². The average Bonchev–Trinajstić information content (AvgIpc) is 2.56. The van der Waals surface area contributed by atoms with Crippen molar-refractivity contribution in [2.75, 3.05) is 0 Å². The van der Waals surface area contributed by atoms with Gasteiger partial charge in [-0.15, -0.1) is 0 Å². The lowest BCUT2D eigenvalue weighted by Crippen LogP contribution is -1.82. The zero-order valence-electron chi connectivity index (χ0n) is 6.68. The Labute approximate surface area is 90.7 Å². The minimum atomic E-state index is 0.386. The Kier molecular flexibility index (Phi) is 2.96. The van der Waals surface area contributed by atoms with Crippen LogP contribution in [-0.4, -0.2) is 0 Å². The van der Waals surface area contributed by atoms with Crippen molar-refractivity contribution in [1.29, 1.82) is 0 Å². The summed E-state index contributed by atoms with van der Waals surface area (Å²) in [5, 5.41) is 1.24. The van der Waals surface area contributed by atoms with Crippen molar-refractivity contribution in [2.45, 2.75) is 5.66 Å². The van der Waals surface area contributed by atoms with Gasteiger partial charge in [0.1, 0.15) is 0 Å². The van der Waals surface area contributed by atoms with Gasteiger partial charge in [-0.3, -0.25) is 0 Å². The largest absolute Gasteiger partial charge is 0.0619 e. The van der Waals surface area contributed by atoms with Gasteiger partial charge in [-0.25, -0.2) is 0 Å². The molecule has 1 aromatic carbocycles. The highest BCUT2D eigenvalue weighted by atomic mass is 32.4. The Morgan fingerprint density at radius 1 is 1.15 bits per heavy atom. The minimum absolute atomic E-state index is 0.386. The van der Waals surface area contributed by atoms with Crippen LogP contribution in [0.1, 0.15) is 16.8 Å². The van der Waals surface area contributed by atoms with Crippen LogP contribution in [0.2, 0.25) is 0 Å². The molecule has 2 rings (SSSR count). The zero-order chi connectivity index (χ0) is 9.26. The van der Waals surface area contributed by atoms with Crippen LogP contribution in [0.3, 0.4) is 0 Å². The summed E-state index contributed by atoms with van der Waals surface area (Å²) in [6, 6.07) is 8.38. The topological polar surface area (TPSA) is 0 Å². The maximum Gasteiger partial charge on any atom is 0.0561 e. The highest BCUT2D eigenvalue weighted by molar-refractivity contribution is 8.01. The smallest absolute Gasteiger partial charge is 0.0561 e. The summed E-state index contributed by atoms with van der Waals surface area (Å²) >= 11 is 10.1. The molecule has 0 nitrogen and oxygen atoms in total. The molecule has 1 aliphatic rings. The molecule has 1 aromatic rings. The van der Waals surface area contributed by atoms with Crippen LogP contribution in [0.15, 0.2) is 30.3 Å². The summed E-state index contributed by atoms with van der Waals surface area (Å²) < 4.78 is 0. The first-order valence-corrected chi connectivity index (χ1v) is 7.72. The predicted molar refractivity (Wildman–Crippen MR) is 65.7 cm³/mol. The highest BCUT2D eigenvalue weighted by Gasteiger charge is 2.20. The van der Waals surface area contributed by atoms with E-state index in [1.54, 1.807) is 0 Å². The summed E-state index contributed by atoms with van der Waals surface area (Å²) in [7, 11) is 1.91. The molecule has 0 N–H and O–H groups in total. The van der Waals surface area contributed by atoms with E-state index in [-0.39, 0.29) is 0 Å². The van der Waals surface area contributed by atoms with E-state index in [4.69, 9.17) is 23.6 Å². The van der Waals surface area contributed by atoms with E-state index in [1.165, 1.54) is 16.4 Å². The van der Waals surface area contributed by atoms with Crippen molar-refractivity contribution in [3.05, 3.63) is 41.5 Å². The summed E-state index contributed by atoms with van der Waals surface area (Å²) in [5.41, 5.74) is 3.02. The number of hydrogen-bond acceptors (Lipinski definition) is 2. The van der Waals surface area contributed by atoms with Gasteiger partial charge in [0, 0.05) is 12.7 Å². The molecule has 0 saturated heterocycles. The molecule has 64 valence electrons. The molecule has 1 unspecified atom stereocenters. The Hall–Kier alpha value is 0. The highest BCUT2D eigenvalue weighted by Crippen LogP contribution is 2.45. The minimum Gasteiger partial charge on any atom is -0.0619 e. The molecule has 1 aliphatic carbocycles. The second-order valence-corrected chi connectivity index (χ2v) is 5.39. The van der Waals surface area contributed by atoms with E-state index in [0.29, 0.717) is 5.66 Å². The number of allylic oxidation sites excluding steroid dienone is 1. The molecule has 0 heterocycles. The lowest BCUT2D eigenvalue weighted by Gasteiger charge is -2.02. The Morgan fingerprint density at radius 2 is 1.92 bits per heavy atom. The first kappa shape index (κ1) is 9.55. The van der Waals surface area contributed by atoms with Gasteiger partial charge >= 0.3 is 0 Å². The molecule has 0 saturated carbocycles. The van der Waals surface area contributed by atoms with Crippen LogP contribution in [0.4, 0.5) is 0 Å². The quantitative estimate of drug-likeness (QED) is 0.719. The van der Waals surface area contributed by atoms with Crippen molar-refractivity contribution in [3.63, 3.8) is 0 Å². The molecule has 0 spiro atoms. The summed E-state index contributed by atoms with van der Waals surface area (Å²) in [5.74, 6) is 0. The van der Waals surface area contributed by atoms with E-state index in [0.717, 1.165) is 14.7 Å². The van der Waals surface area contributed by atoms with Crippen molar-refractivity contribution < 1.29 is 0 Å². The van der Waals surface area contributed by atoms with Crippen LogP contribution in [0.5, 0.6) is 0 Å². The Bertz CT molecular complexity index is 398. The van der Waals surface area contributed by atoms with Gasteiger partial charge in [-0.2, -0.15) is 0 Å². The first-order chi connectivity index (χ1) is 6.36. The summed E-state index contributed by atoms with van der Waals surface area (Å²) in [4.78, 5) is 0. The number of fused-ring (bicyclic) bond motifs is 1. The third-order valence-electron chi connectivity index (χ3n) is 2.08. The average molecular weight is 240 g/mol. The van der Waals surface area contributed by atoms with Gasteiger partial charge in [0.2, 0.25) is 0 Å². The Balaban J connectivity index is 2.59. The lowest BCUT2D eigenvalue weighted by molar-refractivity contribution is 1.27. The van der Waals surface area contributed by atoms with E-state index < -0.39 is 0 Å². The maximum atomic E-state index is 5.08. The third kappa shape index (κ3) is 1.65. The molecular formula is C9H6P2S2. The second-order valence-electron chi connectivity index (χ2n) is 2.78. The molecule has 0 amide bonds.